The van der Waals surface area contributed by atoms with Crippen molar-refractivity contribution in [2.45, 2.75) is 25.6 Å². The van der Waals surface area contributed by atoms with E-state index in [2.05, 4.69) is 12.6 Å². The highest BCUT2D eigenvalue weighted by Gasteiger charge is 2.17. The van der Waals surface area contributed by atoms with Crippen molar-refractivity contribution in [3.05, 3.63) is 35.4 Å². The number of aliphatic hydroxyl groups is 2. The summed E-state index contributed by atoms with van der Waals surface area (Å²) in [5, 5.41) is 19.2. The molecule has 0 saturated heterocycles. The van der Waals surface area contributed by atoms with E-state index in [4.69, 9.17) is 0 Å². The SMILES string of the molecule is CCC(=O)c1cccc(C(O)C(O)CS)c1. The number of hydrogen-bond donors (Lipinski definition) is 3. The minimum atomic E-state index is -0.998. The van der Waals surface area contributed by atoms with E-state index in [9.17, 15) is 15.0 Å². The molecule has 0 bridgehead atoms. The summed E-state index contributed by atoms with van der Waals surface area (Å²) in [6.07, 6.45) is -1.49. The number of ketones is 1. The zero-order valence-corrected chi connectivity index (χ0v) is 10.0. The van der Waals surface area contributed by atoms with E-state index < -0.39 is 12.2 Å². The number of benzene rings is 1. The monoisotopic (exact) mass is 240 g/mol. The van der Waals surface area contributed by atoms with Gasteiger partial charge in [0.05, 0.1) is 6.10 Å². The standard InChI is InChI=1S/C12H16O3S/c1-2-10(13)8-4-3-5-9(6-8)12(15)11(14)7-16/h3-6,11-12,14-16H,2,7H2,1H3. The van der Waals surface area contributed by atoms with Crippen molar-refractivity contribution < 1.29 is 15.0 Å². The van der Waals surface area contributed by atoms with Crippen molar-refractivity contribution in [3.8, 4) is 0 Å². The van der Waals surface area contributed by atoms with Gasteiger partial charge in [-0.05, 0) is 11.6 Å². The third kappa shape index (κ3) is 3.07. The molecule has 0 aliphatic rings. The lowest BCUT2D eigenvalue weighted by Crippen LogP contribution is -2.20. The van der Waals surface area contributed by atoms with Gasteiger partial charge in [0.2, 0.25) is 0 Å². The Bertz CT molecular complexity index is 365. The summed E-state index contributed by atoms with van der Waals surface area (Å²) in [6, 6.07) is 6.70. The van der Waals surface area contributed by atoms with Gasteiger partial charge in [0.25, 0.3) is 0 Å². The topological polar surface area (TPSA) is 57.5 Å². The van der Waals surface area contributed by atoms with Crippen molar-refractivity contribution in [3.63, 3.8) is 0 Å². The van der Waals surface area contributed by atoms with E-state index in [-0.39, 0.29) is 11.5 Å². The van der Waals surface area contributed by atoms with E-state index in [1.807, 2.05) is 0 Å². The number of carbonyl (C=O) groups is 1. The van der Waals surface area contributed by atoms with Gasteiger partial charge in [-0.2, -0.15) is 12.6 Å². The molecule has 1 aromatic rings. The maximum absolute atomic E-state index is 11.5. The van der Waals surface area contributed by atoms with Crippen LogP contribution in [0.1, 0.15) is 35.4 Å². The number of rotatable bonds is 5. The fourth-order valence-corrected chi connectivity index (χ4v) is 1.62. The van der Waals surface area contributed by atoms with Crippen molar-refractivity contribution >= 4 is 18.4 Å². The summed E-state index contributed by atoms with van der Waals surface area (Å²) in [4.78, 5) is 11.5. The summed E-state index contributed by atoms with van der Waals surface area (Å²) < 4.78 is 0. The third-order valence-electron chi connectivity index (χ3n) is 2.42. The second kappa shape index (κ2) is 6.03. The average molecular weight is 240 g/mol. The molecule has 2 atom stereocenters. The maximum atomic E-state index is 11.5. The molecule has 0 aliphatic heterocycles. The van der Waals surface area contributed by atoms with Gasteiger partial charge in [-0.1, -0.05) is 25.1 Å². The van der Waals surface area contributed by atoms with Gasteiger partial charge < -0.3 is 10.2 Å². The Labute approximate surface area is 101 Å². The number of aliphatic hydroxyl groups excluding tert-OH is 2. The van der Waals surface area contributed by atoms with Gasteiger partial charge in [0.15, 0.2) is 5.78 Å². The Morgan fingerprint density at radius 1 is 1.44 bits per heavy atom. The number of hydrogen-bond acceptors (Lipinski definition) is 4. The second-order valence-electron chi connectivity index (χ2n) is 3.60. The molecule has 3 nitrogen and oxygen atoms in total. The van der Waals surface area contributed by atoms with Crippen LogP contribution in [0, 0.1) is 0 Å². The normalized spacial score (nSPS) is 14.5. The van der Waals surface area contributed by atoms with Gasteiger partial charge in [0.1, 0.15) is 6.10 Å². The van der Waals surface area contributed by atoms with Gasteiger partial charge in [-0.3, -0.25) is 4.79 Å². The molecular formula is C12H16O3S. The Morgan fingerprint density at radius 2 is 2.12 bits per heavy atom. The summed E-state index contributed by atoms with van der Waals surface area (Å²) in [5.41, 5.74) is 1.10. The predicted octanol–water partition coefficient (Wildman–Crippen LogP) is 1.60. The molecule has 1 rings (SSSR count). The molecule has 0 aromatic heterocycles. The molecule has 4 heteroatoms. The number of thiol groups is 1. The molecule has 0 heterocycles. The van der Waals surface area contributed by atoms with Crippen LogP contribution in [-0.4, -0.2) is 27.9 Å². The van der Waals surface area contributed by atoms with Gasteiger partial charge in [-0.25, -0.2) is 0 Å². The highest BCUT2D eigenvalue weighted by Crippen LogP contribution is 2.19. The van der Waals surface area contributed by atoms with E-state index >= 15 is 0 Å². The molecule has 0 saturated carbocycles. The molecule has 0 amide bonds. The van der Waals surface area contributed by atoms with Crippen LogP contribution in [0.5, 0.6) is 0 Å². The predicted molar refractivity (Wildman–Crippen MR) is 65.9 cm³/mol. The molecule has 0 radical (unpaired) electrons. The number of Topliss-reactive ketones (excluding diaryl/α,β-unsaturated/α-hetero) is 1. The van der Waals surface area contributed by atoms with E-state index in [0.717, 1.165) is 0 Å². The first-order valence-corrected chi connectivity index (χ1v) is 5.83. The van der Waals surface area contributed by atoms with E-state index in [1.165, 1.54) is 0 Å². The number of carbonyl (C=O) groups excluding carboxylic acids is 1. The lowest BCUT2D eigenvalue weighted by Gasteiger charge is -2.16. The van der Waals surface area contributed by atoms with Gasteiger partial charge in [-0.15, -0.1) is 0 Å². The third-order valence-corrected chi connectivity index (χ3v) is 2.80. The van der Waals surface area contributed by atoms with Crippen LogP contribution >= 0.6 is 12.6 Å². The average Bonchev–Trinajstić information content (AvgIpc) is 2.36. The van der Waals surface area contributed by atoms with Crippen LogP contribution in [0.2, 0.25) is 0 Å². The summed E-state index contributed by atoms with van der Waals surface area (Å²) in [6.45, 7) is 1.79. The molecule has 2 N–H and O–H groups in total. The minimum Gasteiger partial charge on any atom is -0.389 e. The van der Waals surface area contributed by atoms with E-state index in [1.54, 1.807) is 31.2 Å². The van der Waals surface area contributed by atoms with Crippen molar-refractivity contribution in [1.82, 2.24) is 0 Å². The Morgan fingerprint density at radius 3 is 2.69 bits per heavy atom. The molecule has 0 spiro atoms. The van der Waals surface area contributed by atoms with Crippen LogP contribution in [0.15, 0.2) is 24.3 Å². The summed E-state index contributed by atoms with van der Waals surface area (Å²) >= 11 is 3.91. The first-order valence-electron chi connectivity index (χ1n) is 5.20. The van der Waals surface area contributed by atoms with Crippen molar-refractivity contribution in [2.24, 2.45) is 0 Å². The van der Waals surface area contributed by atoms with Crippen LogP contribution < -0.4 is 0 Å². The summed E-state index contributed by atoms with van der Waals surface area (Å²) in [7, 11) is 0. The van der Waals surface area contributed by atoms with Crippen molar-refractivity contribution in [1.29, 1.82) is 0 Å². The molecule has 0 fully saturated rings. The van der Waals surface area contributed by atoms with Crippen LogP contribution in [-0.2, 0) is 0 Å². The molecule has 0 aliphatic carbocycles. The smallest absolute Gasteiger partial charge is 0.162 e. The highest BCUT2D eigenvalue weighted by molar-refractivity contribution is 7.80. The first-order chi connectivity index (χ1) is 7.60. The van der Waals surface area contributed by atoms with Crippen LogP contribution in [0.25, 0.3) is 0 Å². The molecule has 88 valence electrons. The zero-order chi connectivity index (χ0) is 12.1. The van der Waals surface area contributed by atoms with Crippen molar-refractivity contribution in [2.75, 3.05) is 5.75 Å². The Hall–Kier alpha value is -0.840. The largest absolute Gasteiger partial charge is 0.389 e. The summed E-state index contributed by atoms with van der Waals surface area (Å²) in [5.74, 6) is 0.196. The molecular weight excluding hydrogens is 224 g/mol. The zero-order valence-electron chi connectivity index (χ0n) is 9.13. The van der Waals surface area contributed by atoms with Gasteiger partial charge in [0, 0.05) is 17.7 Å². The lowest BCUT2D eigenvalue weighted by atomic mass is 10.0. The first kappa shape index (κ1) is 13.2. The van der Waals surface area contributed by atoms with Crippen LogP contribution in [0.3, 0.4) is 0 Å². The fourth-order valence-electron chi connectivity index (χ4n) is 1.42. The molecule has 1 aromatic carbocycles. The van der Waals surface area contributed by atoms with Crippen LogP contribution in [0.4, 0.5) is 0 Å². The highest BCUT2D eigenvalue weighted by atomic mass is 32.1. The second-order valence-corrected chi connectivity index (χ2v) is 3.96. The lowest BCUT2D eigenvalue weighted by molar-refractivity contribution is 0.0337. The molecule has 2 unspecified atom stereocenters. The Balaban J connectivity index is 2.94. The minimum absolute atomic E-state index is 0.0226. The fraction of sp³-hybridized carbons (Fsp3) is 0.417. The quantitative estimate of drug-likeness (QED) is 0.541. The van der Waals surface area contributed by atoms with Gasteiger partial charge >= 0.3 is 0 Å². The van der Waals surface area contributed by atoms with E-state index in [0.29, 0.717) is 17.5 Å². The Kier molecular flexibility index (Phi) is 4.99. The molecule has 16 heavy (non-hydrogen) atoms. The maximum Gasteiger partial charge on any atom is 0.162 e.